The zero-order valence-corrected chi connectivity index (χ0v) is 11.1. The molecule has 1 rings (SSSR count). The second-order valence-electron chi connectivity index (χ2n) is 3.78. The van der Waals surface area contributed by atoms with E-state index in [0.717, 1.165) is 19.3 Å². The van der Waals surface area contributed by atoms with Crippen LogP contribution in [0.2, 0.25) is 0 Å². The molecule has 5 heteroatoms. The minimum Gasteiger partial charge on any atom is -0.330 e. The molecule has 3 N–H and O–H groups in total. The van der Waals surface area contributed by atoms with Crippen LogP contribution in [-0.2, 0) is 4.79 Å². The predicted octanol–water partition coefficient (Wildman–Crippen LogP) is 3.05. The molecule has 0 aliphatic rings. The van der Waals surface area contributed by atoms with E-state index in [9.17, 15) is 9.18 Å². The Kier molecular flexibility index (Phi) is 6.15. The summed E-state index contributed by atoms with van der Waals surface area (Å²) in [5, 5.41) is 2.72. The van der Waals surface area contributed by atoms with Gasteiger partial charge in [-0.25, -0.2) is 4.39 Å². The summed E-state index contributed by atoms with van der Waals surface area (Å²) in [5.41, 5.74) is 5.96. The van der Waals surface area contributed by atoms with Crippen LogP contribution in [0.4, 0.5) is 10.1 Å². The first-order chi connectivity index (χ1) is 8.13. The molecular formula is C12H16BrFN2O. The molecule has 0 atom stereocenters. The third-order valence-corrected chi connectivity index (χ3v) is 2.92. The SMILES string of the molecule is NCCCCCC(=O)Nc1ccc(F)c(Br)c1. The Balaban J connectivity index is 2.37. The second-order valence-corrected chi connectivity index (χ2v) is 4.63. The van der Waals surface area contributed by atoms with Gasteiger partial charge in [0.05, 0.1) is 4.47 Å². The van der Waals surface area contributed by atoms with E-state index in [-0.39, 0.29) is 11.7 Å². The number of benzene rings is 1. The summed E-state index contributed by atoms with van der Waals surface area (Å²) >= 11 is 3.07. The monoisotopic (exact) mass is 302 g/mol. The van der Waals surface area contributed by atoms with Crippen molar-refractivity contribution in [1.29, 1.82) is 0 Å². The van der Waals surface area contributed by atoms with Crippen LogP contribution in [0.25, 0.3) is 0 Å². The van der Waals surface area contributed by atoms with Crippen LogP contribution in [-0.4, -0.2) is 12.5 Å². The Labute approximate surface area is 109 Å². The molecule has 0 aromatic heterocycles. The topological polar surface area (TPSA) is 55.1 Å². The molecule has 0 bridgehead atoms. The normalized spacial score (nSPS) is 10.3. The highest BCUT2D eigenvalue weighted by molar-refractivity contribution is 9.10. The number of carbonyl (C=O) groups excluding carboxylic acids is 1. The van der Waals surface area contributed by atoms with Gasteiger partial charge in [-0.3, -0.25) is 4.79 Å². The van der Waals surface area contributed by atoms with Gasteiger partial charge in [-0.15, -0.1) is 0 Å². The van der Waals surface area contributed by atoms with E-state index in [4.69, 9.17) is 5.73 Å². The average Bonchev–Trinajstić information content (AvgIpc) is 2.30. The fraction of sp³-hybridized carbons (Fsp3) is 0.417. The van der Waals surface area contributed by atoms with Gasteiger partial charge in [0.25, 0.3) is 0 Å². The lowest BCUT2D eigenvalue weighted by atomic mass is 10.2. The van der Waals surface area contributed by atoms with Crippen molar-refractivity contribution in [3.8, 4) is 0 Å². The number of hydrogen-bond donors (Lipinski definition) is 2. The van der Waals surface area contributed by atoms with Gasteiger partial charge >= 0.3 is 0 Å². The lowest BCUT2D eigenvalue weighted by Gasteiger charge is -2.05. The van der Waals surface area contributed by atoms with Crippen molar-refractivity contribution in [3.63, 3.8) is 0 Å². The summed E-state index contributed by atoms with van der Waals surface area (Å²) in [5.74, 6) is -0.397. The number of unbranched alkanes of at least 4 members (excludes halogenated alkanes) is 2. The van der Waals surface area contributed by atoms with E-state index in [2.05, 4.69) is 21.2 Å². The zero-order chi connectivity index (χ0) is 12.7. The number of nitrogens with one attached hydrogen (secondary N) is 1. The minimum absolute atomic E-state index is 0.0551. The first kappa shape index (κ1) is 14.1. The van der Waals surface area contributed by atoms with E-state index in [1.54, 1.807) is 6.07 Å². The number of anilines is 1. The summed E-state index contributed by atoms with van der Waals surface area (Å²) in [6.07, 6.45) is 3.19. The molecule has 1 amide bonds. The van der Waals surface area contributed by atoms with E-state index in [1.165, 1.54) is 12.1 Å². The van der Waals surface area contributed by atoms with Gasteiger partial charge in [0, 0.05) is 12.1 Å². The minimum atomic E-state index is -0.342. The number of carbonyl (C=O) groups is 1. The van der Waals surface area contributed by atoms with Crippen molar-refractivity contribution in [3.05, 3.63) is 28.5 Å². The molecule has 1 aromatic carbocycles. The Morgan fingerprint density at radius 3 is 2.76 bits per heavy atom. The van der Waals surface area contributed by atoms with E-state index >= 15 is 0 Å². The highest BCUT2D eigenvalue weighted by atomic mass is 79.9. The van der Waals surface area contributed by atoms with Crippen LogP contribution >= 0.6 is 15.9 Å². The van der Waals surface area contributed by atoms with Gasteiger partial charge in [0.1, 0.15) is 5.82 Å². The Hall–Kier alpha value is -0.940. The van der Waals surface area contributed by atoms with Crippen LogP contribution < -0.4 is 11.1 Å². The summed E-state index contributed by atoms with van der Waals surface area (Å²) in [7, 11) is 0. The van der Waals surface area contributed by atoms with Crippen molar-refractivity contribution in [2.24, 2.45) is 5.73 Å². The predicted molar refractivity (Wildman–Crippen MR) is 70.3 cm³/mol. The highest BCUT2D eigenvalue weighted by Gasteiger charge is 2.04. The molecule has 0 aliphatic carbocycles. The number of nitrogens with two attached hydrogens (primary N) is 1. The number of amides is 1. The summed E-state index contributed by atoms with van der Waals surface area (Å²) in [6, 6.07) is 4.40. The third kappa shape index (κ3) is 5.28. The van der Waals surface area contributed by atoms with Gasteiger partial charge in [-0.1, -0.05) is 6.42 Å². The van der Waals surface area contributed by atoms with E-state index < -0.39 is 0 Å². The van der Waals surface area contributed by atoms with Gasteiger partial charge in [-0.2, -0.15) is 0 Å². The maximum atomic E-state index is 13.0. The fourth-order valence-electron chi connectivity index (χ4n) is 1.40. The van der Waals surface area contributed by atoms with Crippen LogP contribution in [0.5, 0.6) is 0 Å². The number of hydrogen-bond acceptors (Lipinski definition) is 2. The quantitative estimate of drug-likeness (QED) is 0.794. The first-order valence-corrected chi connectivity index (χ1v) is 6.37. The van der Waals surface area contributed by atoms with Gasteiger partial charge in [0.15, 0.2) is 0 Å². The summed E-state index contributed by atoms with van der Waals surface area (Å²) in [6.45, 7) is 0.659. The summed E-state index contributed by atoms with van der Waals surface area (Å²) < 4.78 is 13.3. The smallest absolute Gasteiger partial charge is 0.224 e. The van der Waals surface area contributed by atoms with Crippen molar-refractivity contribution < 1.29 is 9.18 Å². The lowest BCUT2D eigenvalue weighted by Crippen LogP contribution is -2.11. The molecule has 0 saturated carbocycles. The largest absolute Gasteiger partial charge is 0.330 e. The molecule has 0 unspecified atom stereocenters. The number of halogens is 2. The molecule has 0 saturated heterocycles. The maximum Gasteiger partial charge on any atom is 0.224 e. The van der Waals surface area contributed by atoms with E-state index in [0.29, 0.717) is 23.1 Å². The highest BCUT2D eigenvalue weighted by Crippen LogP contribution is 2.20. The van der Waals surface area contributed by atoms with Crippen molar-refractivity contribution in [1.82, 2.24) is 0 Å². The van der Waals surface area contributed by atoms with Crippen molar-refractivity contribution >= 4 is 27.5 Å². The average molecular weight is 303 g/mol. The zero-order valence-electron chi connectivity index (χ0n) is 9.51. The molecule has 0 spiro atoms. The van der Waals surface area contributed by atoms with Crippen molar-refractivity contribution in [2.45, 2.75) is 25.7 Å². The van der Waals surface area contributed by atoms with Gasteiger partial charge in [-0.05, 0) is 53.5 Å². The molecule has 94 valence electrons. The Morgan fingerprint density at radius 2 is 2.12 bits per heavy atom. The van der Waals surface area contributed by atoms with Gasteiger partial charge < -0.3 is 11.1 Å². The molecule has 0 fully saturated rings. The van der Waals surface area contributed by atoms with E-state index in [1.807, 2.05) is 0 Å². The third-order valence-electron chi connectivity index (χ3n) is 2.31. The molecule has 3 nitrogen and oxygen atoms in total. The fourth-order valence-corrected chi connectivity index (χ4v) is 1.78. The summed E-state index contributed by atoms with van der Waals surface area (Å²) in [4.78, 5) is 11.5. The Morgan fingerprint density at radius 1 is 1.35 bits per heavy atom. The molecule has 0 aliphatic heterocycles. The standard InChI is InChI=1S/C12H16BrFN2O/c13-10-8-9(5-6-11(10)14)16-12(17)4-2-1-3-7-15/h5-6,8H,1-4,7,15H2,(H,16,17). The molecule has 17 heavy (non-hydrogen) atoms. The number of rotatable bonds is 6. The van der Waals surface area contributed by atoms with Crippen LogP contribution in [0.3, 0.4) is 0 Å². The lowest BCUT2D eigenvalue weighted by molar-refractivity contribution is -0.116. The van der Waals surface area contributed by atoms with Crippen LogP contribution in [0.1, 0.15) is 25.7 Å². The Bertz CT molecular complexity index is 385. The molecular weight excluding hydrogens is 287 g/mol. The molecule has 0 radical (unpaired) electrons. The van der Waals surface area contributed by atoms with Crippen LogP contribution in [0, 0.1) is 5.82 Å². The van der Waals surface area contributed by atoms with Crippen LogP contribution in [0.15, 0.2) is 22.7 Å². The first-order valence-electron chi connectivity index (χ1n) is 5.58. The maximum absolute atomic E-state index is 13.0. The van der Waals surface area contributed by atoms with Gasteiger partial charge in [0.2, 0.25) is 5.91 Å². The molecule has 1 aromatic rings. The van der Waals surface area contributed by atoms with Crippen molar-refractivity contribution in [2.75, 3.05) is 11.9 Å². The molecule has 0 heterocycles. The second kappa shape index (κ2) is 7.40.